The topological polar surface area (TPSA) is 724 Å². The molecule has 0 aliphatic carbocycles. The maximum absolute atomic E-state index is 12.7. The monoisotopic (exact) mass is 1730 g/mol. The van der Waals surface area contributed by atoms with Crippen LogP contribution in [0.25, 0.3) is 0 Å². The van der Waals surface area contributed by atoms with Crippen LogP contribution in [0.2, 0.25) is 0 Å². The van der Waals surface area contributed by atoms with Crippen molar-refractivity contribution in [1.29, 1.82) is 0 Å². The summed E-state index contributed by atoms with van der Waals surface area (Å²) in [6.45, 7) is -10.8. The van der Waals surface area contributed by atoms with E-state index in [0.717, 1.165) is 0 Å². The van der Waals surface area contributed by atoms with E-state index in [1.807, 2.05) is 0 Å². The van der Waals surface area contributed by atoms with Gasteiger partial charge in [0.1, 0.15) is 171 Å². The molecule has 0 radical (unpaired) electrons. The van der Waals surface area contributed by atoms with Crippen LogP contribution >= 0.6 is 0 Å². The summed E-state index contributed by atoms with van der Waals surface area (Å²) in [7, 11) is 0. The van der Waals surface area contributed by atoms with E-state index in [-0.39, 0.29) is 46.2 Å². The molecular weight excluding hydrogens is 1610 g/mol. The average molecular weight is 1730 g/mol. The molecule has 119 heavy (non-hydrogen) atoms. The van der Waals surface area contributed by atoms with Crippen molar-refractivity contribution in [2.45, 2.75) is 215 Å². The fourth-order valence-corrected chi connectivity index (χ4v) is 14.1. The zero-order valence-corrected chi connectivity index (χ0v) is 64.9. The second-order valence-corrected chi connectivity index (χ2v) is 27.4. The predicted octanol–water partition coefficient (Wildman–Crippen LogP) is -11.9. The van der Waals surface area contributed by atoms with Gasteiger partial charge in [-0.25, -0.2) is 41.3 Å². The molecule has 0 amide bonds. The standard InChI is InChI=1S/C70H119N7O42/c71-99-22-8-1-15-92-57-43(85)50-36(29-78)106-64(57)113-51-37(30-79)107-66(58(44(51)86)93-16-2-9-23-100-72)115-53-39(32-81)109-68(60(46(53)88)95-18-4-11-25-102-74)117-55-41(34-83)111-70(62(48(55)90)97-20-6-13-27-104-76)119-56-42(35-84)112-69(63(49(56)91)98-21-7-14-28-105-77)118-54-40(33-82)110-67(61(47(54)89)96-19-5-12-26-103-75)116-52-38(31-80)108-65(114-50)59(45(52)87)94-17-3-10-24-101-73/h1-14,36-70,78-91H,15-35,71-77H2/b8-1+,9-2+,10-3+,11-4+,12-5+,13-6+,14-7+/t36-,37-,38-,39-,40-,41-,42-,43+,44+,45+,46+,47+,48+,49+,50-,51-,52-,53-,54-,55-,56-,57-,58-,59-,60-,61-,62-,63+,64-,65-,66-,67-,68-,69-,70-/m0/s1. The van der Waals surface area contributed by atoms with E-state index in [1.165, 1.54) is 85.1 Å². The van der Waals surface area contributed by atoms with Crippen LogP contribution in [0.3, 0.4) is 0 Å². The molecule has 15 saturated heterocycles. The molecule has 49 nitrogen and oxygen atoms in total. The van der Waals surface area contributed by atoms with Gasteiger partial charge in [-0.3, -0.25) is 0 Å². The molecule has 15 heterocycles. The molecular formula is C70H119N7O42. The summed E-state index contributed by atoms with van der Waals surface area (Å²) < 4.78 is 134. The molecule has 35 atom stereocenters. The Bertz CT molecular complexity index is 2450. The quantitative estimate of drug-likeness (QED) is 0.0199. The van der Waals surface area contributed by atoms with Crippen LogP contribution in [0.1, 0.15) is 0 Å². The van der Waals surface area contributed by atoms with Crippen molar-refractivity contribution < 1.29 is 205 Å². The van der Waals surface area contributed by atoms with Gasteiger partial charge in [0.25, 0.3) is 0 Å². The number of rotatable bonds is 42. The molecule has 28 N–H and O–H groups in total. The molecule has 0 aromatic carbocycles. The Morgan fingerprint density at radius 1 is 0.176 bits per heavy atom. The number of ether oxygens (including phenoxy) is 21. The molecule has 0 aromatic heterocycles. The van der Waals surface area contributed by atoms with E-state index < -0.39 is 307 Å². The molecule has 14 bridgehead atoms. The molecule has 0 aromatic rings. The summed E-state index contributed by atoms with van der Waals surface area (Å²) >= 11 is 0. The van der Waals surface area contributed by atoms with Gasteiger partial charge >= 0.3 is 0 Å². The molecule has 49 heteroatoms. The minimum Gasteiger partial charge on any atom is -0.394 e. The lowest BCUT2D eigenvalue weighted by molar-refractivity contribution is -0.401. The van der Waals surface area contributed by atoms with Crippen LogP contribution in [0.15, 0.2) is 85.1 Å². The summed E-state index contributed by atoms with van der Waals surface area (Å²) in [5.41, 5.74) is 0. The lowest BCUT2D eigenvalue weighted by Crippen LogP contribution is -2.69. The largest absolute Gasteiger partial charge is 0.394 e. The first kappa shape index (κ1) is 101. The molecule has 15 fully saturated rings. The molecule has 686 valence electrons. The van der Waals surface area contributed by atoms with Gasteiger partial charge < -0.3 is 205 Å². The first-order valence-electron chi connectivity index (χ1n) is 38.2. The minimum atomic E-state index is -2.03. The number of hydrogen-bond acceptors (Lipinski definition) is 49. The molecule has 15 rings (SSSR count). The number of aliphatic hydroxyl groups excluding tert-OH is 14. The van der Waals surface area contributed by atoms with Gasteiger partial charge in [0.15, 0.2) is 44.0 Å². The SMILES string of the molecule is NOC/C=C/CO[C@@H]1[C@@H]2O[C@@H]3[C@@H](O)[C@@H](OC/C=C/CON)[C@H](O[C@@H]4[C@@H](O)[C@H](OC/C=C/CON)[C@H](O[C@@H]5[C@@H](O)[C@H](OC/C=C/CON)[C@H](O[C@@H]6[C@@H](O)[C@H](OC/C=C/CON)[C@H](O[C@@H]7[C@@H](O)[C@H](OC/C=C/CON)[C@H](O[C@@H]8[C@@H](O)[C@H](OC/C=C/CON)[C@H](O[C@H]([C@H]1O)[C@H](CO)O2)O[C@H]8CO)O[C@H]7CO)O[C@H]6CO)O[C@H]5CO)O[C@H]4CO)O[C@H]3CO. The Morgan fingerprint density at radius 2 is 0.286 bits per heavy atom. The summed E-state index contributed by atoms with van der Waals surface area (Å²) in [5, 5.41) is 168. The minimum absolute atomic E-state index is 0.128. The number of nitrogens with two attached hydrogens (primary N) is 7. The van der Waals surface area contributed by atoms with E-state index in [4.69, 9.17) is 141 Å². The highest BCUT2D eigenvalue weighted by molar-refractivity contribution is 5.05. The van der Waals surface area contributed by atoms with Crippen LogP contribution in [0, 0.1) is 0 Å². The maximum atomic E-state index is 12.7. The van der Waals surface area contributed by atoms with Crippen LogP contribution in [0.4, 0.5) is 0 Å². The van der Waals surface area contributed by atoms with E-state index in [2.05, 4.69) is 33.9 Å². The van der Waals surface area contributed by atoms with E-state index in [0.29, 0.717) is 0 Å². The second-order valence-electron chi connectivity index (χ2n) is 27.4. The normalized spacial score (nSPS) is 40.5. The highest BCUT2D eigenvalue weighted by Gasteiger charge is 2.61. The third kappa shape index (κ3) is 27.9. The highest BCUT2D eigenvalue weighted by atomic mass is 16.8. The fraction of sp³-hybridized carbons (Fsp3) is 0.800. The van der Waals surface area contributed by atoms with Crippen LogP contribution in [0.5, 0.6) is 0 Å². The summed E-state index contributed by atoms with van der Waals surface area (Å²) in [5.74, 6) is 37.0. The third-order valence-electron chi connectivity index (χ3n) is 19.8. The Kier molecular flexibility index (Phi) is 45.9. The van der Waals surface area contributed by atoms with E-state index in [1.54, 1.807) is 0 Å². The first-order valence-corrected chi connectivity index (χ1v) is 38.2. The summed E-state index contributed by atoms with van der Waals surface area (Å²) in [6.07, 6.45) is -44.9. The Balaban J connectivity index is 1.28. The van der Waals surface area contributed by atoms with Crippen LogP contribution < -0.4 is 41.3 Å². The van der Waals surface area contributed by atoms with Gasteiger partial charge in [0.05, 0.1) is 139 Å². The average Bonchev–Trinajstić information content (AvgIpc) is 0.808. The van der Waals surface area contributed by atoms with E-state index in [9.17, 15) is 71.5 Å². The molecule has 0 spiro atoms. The highest BCUT2D eigenvalue weighted by Crippen LogP contribution is 2.42. The van der Waals surface area contributed by atoms with Gasteiger partial charge in [-0.2, -0.15) is 0 Å². The lowest BCUT2D eigenvalue weighted by Gasteiger charge is -2.51. The van der Waals surface area contributed by atoms with Crippen LogP contribution in [-0.4, -0.2) is 425 Å². The van der Waals surface area contributed by atoms with Crippen molar-refractivity contribution in [1.82, 2.24) is 0 Å². The van der Waals surface area contributed by atoms with Gasteiger partial charge in [0, 0.05) is 0 Å². The second kappa shape index (κ2) is 54.3. The maximum Gasteiger partial charge on any atom is 0.187 e. The van der Waals surface area contributed by atoms with Gasteiger partial charge in [-0.1, -0.05) is 85.1 Å². The molecule has 15 aliphatic rings. The predicted molar refractivity (Wildman–Crippen MR) is 390 cm³/mol. The number of fused-ring (bicyclic) bond motifs is 7. The van der Waals surface area contributed by atoms with Crippen molar-refractivity contribution in [2.75, 3.05) is 139 Å². The van der Waals surface area contributed by atoms with Crippen molar-refractivity contribution in [3.8, 4) is 0 Å². The van der Waals surface area contributed by atoms with Crippen molar-refractivity contribution in [3.05, 3.63) is 85.1 Å². The molecule has 0 saturated carbocycles. The summed E-state index contributed by atoms with van der Waals surface area (Å²) in [6, 6.07) is 0. The smallest absolute Gasteiger partial charge is 0.187 e. The number of hydrogen-bond donors (Lipinski definition) is 21. The van der Waals surface area contributed by atoms with Crippen molar-refractivity contribution >= 4 is 0 Å². The zero-order valence-electron chi connectivity index (χ0n) is 64.9. The fourth-order valence-electron chi connectivity index (χ4n) is 14.1. The van der Waals surface area contributed by atoms with Gasteiger partial charge in [-0.05, 0) is 0 Å². The first-order chi connectivity index (χ1) is 57.9. The van der Waals surface area contributed by atoms with E-state index >= 15 is 0 Å². The van der Waals surface area contributed by atoms with Crippen LogP contribution in [-0.2, 0) is 133 Å². The van der Waals surface area contributed by atoms with Gasteiger partial charge in [-0.15, -0.1) is 0 Å². The zero-order chi connectivity index (χ0) is 85.8. The third-order valence-corrected chi connectivity index (χ3v) is 19.8. The number of aliphatic hydroxyl groups is 14. The Morgan fingerprint density at radius 3 is 0.387 bits per heavy atom. The van der Waals surface area contributed by atoms with Gasteiger partial charge in [0.2, 0.25) is 0 Å². The Labute approximate surface area is 682 Å². The van der Waals surface area contributed by atoms with Crippen molar-refractivity contribution in [3.63, 3.8) is 0 Å². The summed E-state index contributed by atoms with van der Waals surface area (Å²) in [4.78, 5) is 32.7. The van der Waals surface area contributed by atoms with Crippen molar-refractivity contribution in [2.24, 2.45) is 41.3 Å². The lowest BCUT2D eigenvalue weighted by atomic mass is 9.95. The molecule has 0 unspecified atom stereocenters. The molecule has 15 aliphatic heterocycles. The Hall–Kier alpha value is -3.78.